The summed E-state index contributed by atoms with van der Waals surface area (Å²) in [5.74, 6) is 0.00866. The van der Waals surface area contributed by atoms with Gasteiger partial charge in [-0.1, -0.05) is 71.2 Å². The van der Waals surface area contributed by atoms with Crippen molar-refractivity contribution in [1.29, 1.82) is 0 Å². The van der Waals surface area contributed by atoms with Crippen molar-refractivity contribution in [2.45, 2.75) is 18.4 Å². The van der Waals surface area contributed by atoms with E-state index in [9.17, 15) is 13.2 Å². The SMILES string of the molecule is Cc1ccc(S(=O)(=O)N(CC(=O)N/N=C\c2ccc(OCc3ccccc3Cl)cc2)c2ccccc2Cl)cc1. The Hall–Kier alpha value is -3.85. The second kappa shape index (κ2) is 12.8. The first-order chi connectivity index (χ1) is 18.7. The molecule has 0 heterocycles. The Morgan fingerprint density at radius 3 is 2.21 bits per heavy atom. The number of carbonyl (C=O) groups excluding carboxylic acids is 1. The quantitative estimate of drug-likeness (QED) is 0.178. The third kappa shape index (κ3) is 7.38. The average molecular weight is 583 g/mol. The molecule has 39 heavy (non-hydrogen) atoms. The fourth-order valence-corrected chi connectivity index (χ4v) is 5.48. The van der Waals surface area contributed by atoms with Crippen LogP contribution in [0.4, 0.5) is 5.69 Å². The molecule has 4 aromatic rings. The normalized spacial score (nSPS) is 11.4. The maximum Gasteiger partial charge on any atom is 0.264 e. The van der Waals surface area contributed by atoms with Crippen molar-refractivity contribution >= 4 is 51.0 Å². The van der Waals surface area contributed by atoms with Crippen LogP contribution >= 0.6 is 23.2 Å². The third-order valence-electron chi connectivity index (χ3n) is 5.65. The topological polar surface area (TPSA) is 88.1 Å². The Morgan fingerprint density at radius 2 is 1.54 bits per heavy atom. The number of aryl methyl sites for hydroxylation is 1. The van der Waals surface area contributed by atoms with Gasteiger partial charge in [-0.25, -0.2) is 13.8 Å². The van der Waals surface area contributed by atoms with Crippen LogP contribution < -0.4 is 14.5 Å². The molecule has 4 rings (SSSR count). The lowest BCUT2D eigenvalue weighted by atomic mass is 10.2. The lowest BCUT2D eigenvalue weighted by Crippen LogP contribution is -2.39. The number of sulfonamides is 1. The lowest BCUT2D eigenvalue weighted by Gasteiger charge is -2.24. The van der Waals surface area contributed by atoms with Crippen LogP contribution in [0.5, 0.6) is 5.75 Å². The molecule has 7 nitrogen and oxygen atoms in total. The number of para-hydroxylation sites is 1. The summed E-state index contributed by atoms with van der Waals surface area (Å²) in [4.78, 5) is 12.8. The highest BCUT2D eigenvalue weighted by Gasteiger charge is 2.28. The van der Waals surface area contributed by atoms with Crippen molar-refractivity contribution in [1.82, 2.24) is 5.43 Å². The molecular formula is C29H25Cl2N3O4S. The molecule has 0 atom stereocenters. The van der Waals surface area contributed by atoms with Crippen molar-refractivity contribution in [2.24, 2.45) is 5.10 Å². The number of carbonyl (C=O) groups is 1. The molecule has 0 aromatic heterocycles. The number of halogens is 2. The molecule has 0 aliphatic heterocycles. The molecule has 1 amide bonds. The van der Waals surface area contributed by atoms with E-state index in [-0.39, 0.29) is 15.6 Å². The van der Waals surface area contributed by atoms with Gasteiger partial charge in [-0.3, -0.25) is 9.10 Å². The second-order valence-corrected chi connectivity index (χ2v) is 11.2. The number of benzene rings is 4. The Balaban J connectivity index is 1.42. The van der Waals surface area contributed by atoms with Crippen LogP contribution in [0.3, 0.4) is 0 Å². The van der Waals surface area contributed by atoms with Crippen LogP contribution in [-0.4, -0.2) is 27.1 Å². The van der Waals surface area contributed by atoms with Crippen LogP contribution in [0, 0.1) is 6.92 Å². The Kier molecular flexibility index (Phi) is 9.24. The Labute approximate surface area is 237 Å². The van der Waals surface area contributed by atoms with Gasteiger partial charge in [0, 0.05) is 10.6 Å². The summed E-state index contributed by atoms with van der Waals surface area (Å²) in [6.45, 7) is 1.66. The van der Waals surface area contributed by atoms with Crippen LogP contribution in [0.2, 0.25) is 10.0 Å². The highest BCUT2D eigenvalue weighted by Crippen LogP contribution is 2.30. The number of ether oxygens (including phenoxy) is 1. The second-order valence-electron chi connectivity index (χ2n) is 8.52. The summed E-state index contributed by atoms with van der Waals surface area (Å²) in [6, 6.07) is 27.3. The van der Waals surface area contributed by atoms with Gasteiger partial charge in [0.05, 0.1) is 21.8 Å². The molecule has 0 saturated heterocycles. The van der Waals surface area contributed by atoms with Gasteiger partial charge < -0.3 is 4.74 Å². The van der Waals surface area contributed by atoms with Crippen molar-refractivity contribution in [2.75, 3.05) is 10.8 Å². The van der Waals surface area contributed by atoms with Crippen LogP contribution in [-0.2, 0) is 21.4 Å². The first-order valence-corrected chi connectivity index (χ1v) is 14.1. The lowest BCUT2D eigenvalue weighted by molar-refractivity contribution is -0.119. The molecule has 0 spiro atoms. The Bertz CT molecular complexity index is 1580. The van der Waals surface area contributed by atoms with Gasteiger partial charge in [-0.05, 0) is 67.1 Å². The largest absolute Gasteiger partial charge is 0.489 e. The summed E-state index contributed by atoms with van der Waals surface area (Å²) in [7, 11) is -4.08. The van der Waals surface area contributed by atoms with E-state index in [2.05, 4.69) is 10.5 Å². The first kappa shape index (κ1) is 28.2. The predicted octanol–water partition coefficient (Wildman–Crippen LogP) is 6.23. The molecule has 10 heteroatoms. The molecule has 0 aliphatic rings. The maximum absolute atomic E-state index is 13.5. The zero-order valence-corrected chi connectivity index (χ0v) is 23.2. The van der Waals surface area contributed by atoms with Crippen molar-refractivity contribution < 1.29 is 17.9 Å². The van der Waals surface area contributed by atoms with E-state index in [1.807, 2.05) is 25.1 Å². The molecule has 0 fully saturated rings. The van der Waals surface area contributed by atoms with E-state index in [1.54, 1.807) is 66.7 Å². The molecule has 0 bridgehead atoms. The van der Waals surface area contributed by atoms with Crippen molar-refractivity contribution in [3.63, 3.8) is 0 Å². The van der Waals surface area contributed by atoms with E-state index in [0.717, 1.165) is 15.4 Å². The summed E-state index contributed by atoms with van der Waals surface area (Å²) in [5, 5.41) is 4.81. The monoisotopic (exact) mass is 581 g/mol. The van der Waals surface area contributed by atoms with Gasteiger partial charge in [0.2, 0.25) is 0 Å². The number of anilines is 1. The molecule has 0 radical (unpaired) electrons. The van der Waals surface area contributed by atoms with Crippen molar-refractivity contribution in [3.05, 3.63) is 124 Å². The fraction of sp³-hybridized carbons (Fsp3) is 0.103. The number of hydrazone groups is 1. The summed E-state index contributed by atoms with van der Waals surface area (Å²) >= 11 is 12.5. The zero-order valence-electron chi connectivity index (χ0n) is 20.9. The molecule has 200 valence electrons. The van der Waals surface area contributed by atoms with Gasteiger partial charge in [0.1, 0.15) is 18.9 Å². The average Bonchev–Trinajstić information content (AvgIpc) is 2.93. The summed E-state index contributed by atoms with van der Waals surface area (Å²) < 4.78 is 33.6. The van der Waals surface area contributed by atoms with Gasteiger partial charge >= 0.3 is 0 Å². The molecule has 4 aromatic carbocycles. The predicted molar refractivity (Wildman–Crippen MR) is 155 cm³/mol. The number of nitrogens with zero attached hydrogens (tertiary/aromatic N) is 2. The smallest absolute Gasteiger partial charge is 0.264 e. The standard InChI is InChI=1S/C29H25Cl2N3O4S/c1-21-10-16-25(17-11-21)39(36,37)34(28-9-5-4-8-27(28)31)19-29(35)33-32-18-22-12-14-24(15-13-22)38-20-23-6-2-3-7-26(23)30/h2-18H,19-20H2,1H3,(H,33,35)/b32-18-. The zero-order chi connectivity index (χ0) is 27.8. The van der Waals surface area contributed by atoms with Gasteiger partial charge in [-0.15, -0.1) is 0 Å². The molecule has 0 unspecified atom stereocenters. The van der Waals surface area contributed by atoms with E-state index < -0.39 is 22.5 Å². The van der Waals surface area contributed by atoms with Crippen LogP contribution in [0.15, 0.2) is 107 Å². The van der Waals surface area contributed by atoms with Gasteiger partial charge in [0.25, 0.3) is 15.9 Å². The van der Waals surface area contributed by atoms with Crippen LogP contribution in [0.25, 0.3) is 0 Å². The van der Waals surface area contributed by atoms with Crippen molar-refractivity contribution in [3.8, 4) is 5.75 Å². The highest BCUT2D eigenvalue weighted by molar-refractivity contribution is 7.92. The number of hydrogen-bond acceptors (Lipinski definition) is 5. The summed E-state index contributed by atoms with van der Waals surface area (Å²) in [5.41, 5.74) is 5.06. The minimum Gasteiger partial charge on any atom is -0.489 e. The first-order valence-electron chi connectivity index (χ1n) is 11.9. The highest BCUT2D eigenvalue weighted by atomic mass is 35.5. The van der Waals surface area contributed by atoms with Gasteiger partial charge in [-0.2, -0.15) is 5.10 Å². The van der Waals surface area contributed by atoms with Crippen LogP contribution in [0.1, 0.15) is 16.7 Å². The number of nitrogens with one attached hydrogen (secondary N) is 1. The van der Waals surface area contributed by atoms with E-state index in [4.69, 9.17) is 27.9 Å². The fourth-order valence-electron chi connectivity index (χ4n) is 3.56. The maximum atomic E-state index is 13.5. The van der Waals surface area contributed by atoms with E-state index in [0.29, 0.717) is 22.9 Å². The van der Waals surface area contributed by atoms with E-state index >= 15 is 0 Å². The number of hydrogen-bond donors (Lipinski definition) is 1. The molecule has 0 saturated carbocycles. The minimum atomic E-state index is -4.08. The molecule has 0 aliphatic carbocycles. The molecular weight excluding hydrogens is 557 g/mol. The third-order valence-corrected chi connectivity index (χ3v) is 8.11. The van der Waals surface area contributed by atoms with E-state index in [1.165, 1.54) is 18.3 Å². The molecule has 1 N–H and O–H groups in total. The van der Waals surface area contributed by atoms with Gasteiger partial charge in [0.15, 0.2) is 0 Å². The number of rotatable bonds is 10. The Morgan fingerprint density at radius 1 is 0.897 bits per heavy atom. The summed E-state index contributed by atoms with van der Waals surface area (Å²) in [6.07, 6.45) is 1.45. The number of amides is 1. The minimum absolute atomic E-state index is 0.0427.